The van der Waals surface area contributed by atoms with Gasteiger partial charge in [0.05, 0.1) is 0 Å². The summed E-state index contributed by atoms with van der Waals surface area (Å²) in [6, 6.07) is 0. The van der Waals surface area contributed by atoms with E-state index >= 15 is 0 Å². The Bertz CT molecular complexity index is 205. The summed E-state index contributed by atoms with van der Waals surface area (Å²) >= 11 is 0. The average Bonchev–Trinajstić information content (AvgIpc) is 2.83. The molecule has 0 aromatic carbocycles. The van der Waals surface area contributed by atoms with Crippen LogP contribution in [0.15, 0.2) is 0 Å². The zero-order valence-electron chi connectivity index (χ0n) is 11.7. The van der Waals surface area contributed by atoms with Gasteiger partial charge in [0.15, 0.2) is 0 Å². The van der Waals surface area contributed by atoms with Crippen LogP contribution in [0.5, 0.6) is 0 Å². The summed E-state index contributed by atoms with van der Waals surface area (Å²) in [5, 5.41) is 0. The Hall–Kier alpha value is -0.530. The zero-order valence-corrected chi connectivity index (χ0v) is 11.7. The van der Waals surface area contributed by atoms with Crippen LogP contribution < -0.4 is 0 Å². The van der Waals surface area contributed by atoms with E-state index in [1.54, 1.807) is 0 Å². The van der Waals surface area contributed by atoms with Gasteiger partial charge in [0, 0.05) is 19.5 Å². The highest BCUT2D eigenvalue weighted by Crippen LogP contribution is 2.29. The molecule has 0 saturated heterocycles. The Morgan fingerprint density at radius 1 is 1.06 bits per heavy atom. The number of nitrogens with zero attached hydrogens (tertiary/aromatic N) is 1. The fraction of sp³-hybridized carbons (Fsp3) is 0.933. The first-order chi connectivity index (χ1) is 8.27. The first-order valence-electron chi connectivity index (χ1n) is 7.55. The number of unbranched alkanes of at least 4 members (excludes halogenated alkanes) is 2. The second-order valence-corrected chi connectivity index (χ2v) is 5.32. The molecule has 0 atom stereocenters. The Labute approximate surface area is 107 Å². The predicted molar refractivity (Wildman–Crippen MR) is 73.0 cm³/mol. The van der Waals surface area contributed by atoms with E-state index < -0.39 is 0 Å². The summed E-state index contributed by atoms with van der Waals surface area (Å²) in [5.74, 6) is 1.35. The minimum Gasteiger partial charge on any atom is -0.343 e. The second kappa shape index (κ2) is 8.54. The second-order valence-electron chi connectivity index (χ2n) is 5.32. The molecule has 0 radical (unpaired) electrons. The van der Waals surface area contributed by atoms with E-state index in [-0.39, 0.29) is 0 Å². The van der Waals surface area contributed by atoms with Crippen LogP contribution in [0.25, 0.3) is 0 Å². The lowest BCUT2D eigenvalue weighted by Crippen LogP contribution is -2.30. The summed E-state index contributed by atoms with van der Waals surface area (Å²) in [7, 11) is 0. The highest BCUT2D eigenvalue weighted by molar-refractivity contribution is 5.75. The van der Waals surface area contributed by atoms with Crippen molar-refractivity contribution in [2.45, 2.75) is 71.6 Å². The molecule has 0 heterocycles. The number of hydrogen-bond acceptors (Lipinski definition) is 1. The molecule has 1 rings (SSSR count). The van der Waals surface area contributed by atoms with E-state index in [0.29, 0.717) is 5.91 Å². The van der Waals surface area contributed by atoms with Crippen LogP contribution in [0.4, 0.5) is 0 Å². The number of hydrogen-bond donors (Lipinski definition) is 0. The molecule has 1 aliphatic carbocycles. The third kappa shape index (κ3) is 5.56. The molecule has 0 aromatic heterocycles. The predicted octanol–water partition coefficient (Wildman–Crippen LogP) is 4.00. The SMILES string of the molecule is CCN(CC)C(=O)CCCCCC1CCCC1. The molecule has 0 spiro atoms. The standard InChI is InChI=1S/C15H29NO/c1-3-16(4-2)15(17)13-7-5-6-10-14-11-8-9-12-14/h14H,3-13H2,1-2H3. The molecule has 1 fully saturated rings. The van der Waals surface area contributed by atoms with Crippen LogP contribution in [0.2, 0.25) is 0 Å². The maximum absolute atomic E-state index is 11.8. The Morgan fingerprint density at radius 3 is 2.29 bits per heavy atom. The Balaban J connectivity index is 1.97. The molecule has 100 valence electrons. The van der Waals surface area contributed by atoms with Crippen LogP contribution in [0, 0.1) is 5.92 Å². The van der Waals surface area contributed by atoms with Crippen LogP contribution >= 0.6 is 0 Å². The van der Waals surface area contributed by atoms with Crippen LogP contribution in [-0.2, 0) is 4.79 Å². The van der Waals surface area contributed by atoms with Crippen molar-refractivity contribution in [2.75, 3.05) is 13.1 Å². The van der Waals surface area contributed by atoms with Crippen molar-refractivity contribution in [2.24, 2.45) is 5.92 Å². The summed E-state index contributed by atoms with van der Waals surface area (Å²) in [5.41, 5.74) is 0. The van der Waals surface area contributed by atoms with E-state index in [4.69, 9.17) is 0 Å². The first-order valence-corrected chi connectivity index (χ1v) is 7.55. The number of carbonyl (C=O) groups is 1. The molecule has 0 aromatic rings. The van der Waals surface area contributed by atoms with Gasteiger partial charge < -0.3 is 4.90 Å². The summed E-state index contributed by atoms with van der Waals surface area (Å²) in [4.78, 5) is 13.7. The molecule has 2 nitrogen and oxygen atoms in total. The van der Waals surface area contributed by atoms with Gasteiger partial charge in [-0.15, -0.1) is 0 Å². The molecule has 1 saturated carbocycles. The fourth-order valence-corrected chi connectivity index (χ4v) is 2.92. The van der Waals surface area contributed by atoms with Crippen molar-refractivity contribution in [1.29, 1.82) is 0 Å². The highest BCUT2D eigenvalue weighted by Gasteiger charge is 2.14. The van der Waals surface area contributed by atoms with Gasteiger partial charge >= 0.3 is 0 Å². The Kier molecular flexibility index (Phi) is 7.30. The number of carbonyl (C=O) groups excluding carboxylic acids is 1. The molecule has 0 aliphatic heterocycles. The van der Waals surface area contributed by atoms with Gasteiger partial charge in [-0.25, -0.2) is 0 Å². The minimum atomic E-state index is 0.343. The van der Waals surface area contributed by atoms with Crippen molar-refractivity contribution >= 4 is 5.91 Å². The van der Waals surface area contributed by atoms with E-state index in [1.807, 2.05) is 4.90 Å². The van der Waals surface area contributed by atoms with Crippen molar-refractivity contribution in [3.63, 3.8) is 0 Å². The monoisotopic (exact) mass is 239 g/mol. The van der Waals surface area contributed by atoms with Gasteiger partial charge in [-0.2, -0.15) is 0 Å². The van der Waals surface area contributed by atoms with Crippen molar-refractivity contribution in [3.05, 3.63) is 0 Å². The summed E-state index contributed by atoms with van der Waals surface area (Å²) in [6.45, 7) is 5.83. The lowest BCUT2D eigenvalue weighted by Gasteiger charge is -2.18. The Morgan fingerprint density at radius 2 is 1.71 bits per heavy atom. The van der Waals surface area contributed by atoms with Gasteiger partial charge in [-0.05, 0) is 26.2 Å². The molecule has 1 amide bonds. The van der Waals surface area contributed by atoms with Crippen LogP contribution in [0.3, 0.4) is 0 Å². The molecular weight excluding hydrogens is 210 g/mol. The highest BCUT2D eigenvalue weighted by atomic mass is 16.2. The van der Waals surface area contributed by atoms with Crippen LogP contribution in [0.1, 0.15) is 71.6 Å². The van der Waals surface area contributed by atoms with Gasteiger partial charge in [-0.3, -0.25) is 4.79 Å². The van der Waals surface area contributed by atoms with Gasteiger partial charge in [0.1, 0.15) is 0 Å². The lowest BCUT2D eigenvalue weighted by atomic mass is 9.99. The van der Waals surface area contributed by atoms with E-state index in [2.05, 4.69) is 13.8 Å². The van der Waals surface area contributed by atoms with Crippen molar-refractivity contribution in [1.82, 2.24) is 4.90 Å². The smallest absolute Gasteiger partial charge is 0.222 e. The largest absolute Gasteiger partial charge is 0.343 e. The maximum Gasteiger partial charge on any atom is 0.222 e. The topological polar surface area (TPSA) is 20.3 Å². The molecule has 1 aliphatic rings. The molecule has 0 bridgehead atoms. The molecule has 2 heteroatoms. The van der Waals surface area contributed by atoms with Gasteiger partial charge in [0.25, 0.3) is 0 Å². The van der Waals surface area contributed by atoms with E-state index in [1.165, 1.54) is 44.9 Å². The molecule has 0 N–H and O–H groups in total. The van der Waals surface area contributed by atoms with Gasteiger partial charge in [0.2, 0.25) is 5.91 Å². The summed E-state index contributed by atoms with van der Waals surface area (Å²) < 4.78 is 0. The lowest BCUT2D eigenvalue weighted by molar-refractivity contribution is -0.130. The van der Waals surface area contributed by atoms with E-state index in [0.717, 1.165) is 31.8 Å². The zero-order chi connectivity index (χ0) is 12.5. The van der Waals surface area contributed by atoms with Crippen molar-refractivity contribution < 1.29 is 4.79 Å². The molecule has 17 heavy (non-hydrogen) atoms. The third-order valence-corrected chi connectivity index (χ3v) is 4.09. The van der Waals surface area contributed by atoms with E-state index in [9.17, 15) is 4.79 Å². The quantitative estimate of drug-likeness (QED) is 0.586. The first kappa shape index (κ1) is 14.5. The average molecular weight is 239 g/mol. The minimum absolute atomic E-state index is 0.343. The molecular formula is C15H29NO. The molecule has 0 unspecified atom stereocenters. The summed E-state index contributed by atoms with van der Waals surface area (Å²) in [6.07, 6.45) is 11.6. The van der Waals surface area contributed by atoms with Crippen molar-refractivity contribution in [3.8, 4) is 0 Å². The fourth-order valence-electron chi connectivity index (χ4n) is 2.92. The third-order valence-electron chi connectivity index (χ3n) is 4.09. The van der Waals surface area contributed by atoms with Gasteiger partial charge in [-0.1, -0.05) is 44.9 Å². The number of amides is 1. The van der Waals surface area contributed by atoms with Crippen LogP contribution in [-0.4, -0.2) is 23.9 Å². The maximum atomic E-state index is 11.8. The number of rotatable bonds is 8. The normalized spacial score (nSPS) is 16.4.